The van der Waals surface area contributed by atoms with E-state index in [0.717, 1.165) is 4.68 Å². The number of ether oxygens (including phenoxy) is 3. The van der Waals surface area contributed by atoms with E-state index in [0.29, 0.717) is 48.5 Å². The normalized spacial score (nSPS) is 16.9. The number of rotatable bonds is 5. The van der Waals surface area contributed by atoms with Gasteiger partial charge in [0.15, 0.2) is 18.2 Å². The summed E-state index contributed by atoms with van der Waals surface area (Å²) in [4.78, 5) is 25.1. The molecule has 1 aromatic heterocycles. The van der Waals surface area contributed by atoms with E-state index in [2.05, 4.69) is 10.3 Å². The lowest BCUT2D eigenvalue weighted by Crippen LogP contribution is -2.41. The summed E-state index contributed by atoms with van der Waals surface area (Å²) in [5.41, 5.74) is 0.0559. The van der Waals surface area contributed by atoms with Gasteiger partial charge in [0.25, 0.3) is 5.56 Å². The summed E-state index contributed by atoms with van der Waals surface area (Å²) in [7, 11) is -3.74. The number of nitrogens with zero attached hydrogens (tertiary/aromatic N) is 4. The number of carbonyl (C=O) groups is 1. The van der Waals surface area contributed by atoms with E-state index >= 15 is 0 Å². The molecule has 2 aliphatic rings. The molecule has 0 radical (unpaired) electrons. The van der Waals surface area contributed by atoms with Crippen molar-refractivity contribution in [2.45, 2.75) is 24.5 Å². The molecule has 1 saturated heterocycles. The first-order chi connectivity index (χ1) is 16.4. The fraction of sp³-hybridized carbons (Fsp3) is 0.364. The third kappa shape index (κ3) is 4.21. The third-order valence-electron chi connectivity index (χ3n) is 5.90. The highest BCUT2D eigenvalue weighted by molar-refractivity contribution is 7.89. The van der Waals surface area contributed by atoms with Crippen LogP contribution in [0.25, 0.3) is 10.9 Å². The van der Waals surface area contributed by atoms with Crippen molar-refractivity contribution in [1.29, 1.82) is 0 Å². The molecule has 3 heterocycles. The van der Waals surface area contributed by atoms with E-state index < -0.39 is 27.5 Å². The molecule has 2 aromatic carbocycles. The zero-order valence-corrected chi connectivity index (χ0v) is 18.9. The van der Waals surface area contributed by atoms with Crippen LogP contribution in [0.15, 0.2) is 52.2 Å². The SMILES string of the molecule is O=C(OCn1nnc2ccccc2c1=O)C1CCN(S(=O)(=O)c2ccc3c(c2)OCCO3)CC1. The minimum Gasteiger partial charge on any atom is -0.486 e. The Bertz CT molecular complexity index is 1400. The number of sulfonamides is 1. The maximum absolute atomic E-state index is 13.1. The van der Waals surface area contributed by atoms with Crippen LogP contribution in [-0.4, -0.2) is 60.0 Å². The number of carbonyl (C=O) groups excluding carboxylic acids is 1. The van der Waals surface area contributed by atoms with E-state index in [9.17, 15) is 18.0 Å². The Labute approximate surface area is 194 Å². The molecule has 5 rings (SSSR count). The minimum atomic E-state index is -3.74. The molecule has 0 aliphatic carbocycles. The van der Waals surface area contributed by atoms with E-state index in [1.807, 2.05) is 0 Å². The van der Waals surface area contributed by atoms with Gasteiger partial charge in [0.05, 0.1) is 16.2 Å². The first-order valence-electron chi connectivity index (χ1n) is 10.8. The van der Waals surface area contributed by atoms with Crippen LogP contribution in [0.1, 0.15) is 12.8 Å². The molecular weight excluding hydrogens is 464 g/mol. The second-order valence-electron chi connectivity index (χ2n) is 7.99. The zero-order valence-electron chi connectivity index (χ0n) is 18.1. The number of aromatic nitrogens is 3. The maximum atomic E-state index is 13.1. The molecular formula is C22H22N4O7S. The molecule has 0 bridgehead atoms. The van der Waals surface area contributed by atoms with Crippen LogP contribution < -0.4 is 15.0 Å². The van der Waals surface area contributed by atoms with E-state index in [1.165, 1.54) is 16.4 Å². The summed E-state index contributed by atoms with van der Waals surface area (Å²) < 4.78 is 44.7. The number of fused-ring (bicyclic) bond motifs is 2. The molecule has 2 aliphatic heterocycles. The van der Waals surface area contributed by atoms with Crippen molar-refractivity contribution in [1.82, 2.24) is 19.3 Å². The summed E-state index contributed by atoms with van der Waals surface area (Å²) in [6, 6.07) is 11.3. The molecule has 0 N–H and O–H groups in total. The van der Waals surface area contributed by atoms with Crippen molar-refractivity contribution >= 4 is 26.9 Å². The summed E-state index contributed by atoms with van der Waals surface area (Å²) in [6.07, 6.45) is 0.613. The highest BCUT2D eigenvalue weighted by Crippen LogP contribution is 2.34. The van der Waals surface area contributed by atoms with Gasteiger partial charge in [-0.05, 0) is 37.1 Å². The largest absolute Gasteiger partial charge is 0.486 e. The molecule has 178 valence electrons. The van der Waals surface area contributed by atoms with Crippen LogP contribution in [-0.2, 0) is 26.3 Å². The minimum absolute atomic E-state index is 0.118. The molecule has 0 spiro atoms. The summed E-state index contributed by atoms with van der Waals surface area (Å²) in [5, 5.41) is 8.14. The van der Waals surface area contributed by atoms with Crippen molar-refractivity contribution in [3.8, 4) is 11.5 Å². The highest BCUT2D eigenvalue weighted by atomic mass is 32.2. The van der Waals surface area contributed by atoms with E-state index in [4.69, 9.17) is 14.2 Å². The van der Waals surface area contributed by atoms with Crippen LogP contribution in [0.2, 0.25) is 0 Å². The van der Waals surface area contributed by atoms with Crippen LogP contribution in [0.5, 0.6) is 11.5 Å². The number of piperidine rings is 1. The van der Waals surface area contributed by atoms with Gasteiger partial charge < -0.3 is 14.2 Å². The van der Waals surface area contributed by atoms with Gasteiger partial charge in [-0.2, -0.15) is 8.99 Å². The van der Waals surface area contributed by atoms with Crippen molar-refractivity contribution in [3.63, 3.8) is 0 Å². The van der Waals surface area contributed by atoms with E-state index in [-0.39, 0.29) is 24.7 Å². The average Bonchev–Trinajstić information content (AvgIpc) is 2.88. The molecule has 12 heteroatoms. The van der Waals surface area contributed by atoms with Crippen molar-refractivity contribution < 1.29 is 27.4 Å². The first kappa shape index (κ1) is 22.3. The maximum Gasteiger partial charge on any atom is 0.310 e. The van der Waals surface area contributed by atoms with Crippen LogP contribution in [0.3, 0.4) is 0 Å². The lowest BCUT2D eigenvalue weighted by atomic mass is 9.99. The Morgan fingerprint density at radius 1 is 1.06 bits per heavy atom. The third-order valence-corrected chi connectivity index (χ3v) is 7.79. The molecule has 0 saturated carbocycles. The fourth-order valence-electron chi connectivity index (χ4n) is 4.02. The van der Waals surface area contributed by atoms with Crippen molar-refractivity contribution in [2.24, 2.45) is 5.92 Å². The van der Waals surface area contributed by atoms with Gasteiger partial charge in [-0.15, -0.1) is 5.10 Å². The van der Waals surface area contributed by atoms with Gasteiger partial charge in [0.1, 0.15) is 18.7 Å². The second kappa shape index (κ2) is 9.03. The molecule has 1 fully saturated rings. The summed E-state index contributed by atoms with van der Waals surface area (Å²) in [6.45, 7) is 0.773. The molecule has 0 atom stereocenters. The topological polar surface area (TPSA) is 130 Å². The molecule has 34 heavy (non-hydrogen) atoms. The second-order valence-corrected chi connectivity index (χ2v) is 9.93. The summed E-state index contributed by atoms with van der Waals surface area (Å²) >= 11 is 0. The Hall–Kier alpha value is -3.51. The number of benzene rings is 2. The van der Waals surface area contributed by atoms with Crippen molar-refractivity contribution in [2.75, 3.05) is 26.3 Å². The standard InChI is InChI=1S/C22H22N4O7S/c27-21-17-3-1-2-4-18(17)23-24-26(21)14-33-22(28)15-7-9-25(10-8-15)34(29,30)16-5-6-19-20(13-16)32-12-11-31-19/h1-6,13,15H,7-12,14H2. The van der Waals surface area contributed by atoms with Gasteiger partial charge in [0, 0.05) is 19.2 Å². The first-order valence-corrected chi connectivity index (χ1v) is 12.3. The average molecular weight is 487 g/mol. The molecule has 0 unspecified atom stereocenters. The van der Waals surface area contributed by atoms with Crippen LogP contribution >= 0.6 is 0 Å². The van der Waals surface area contributed by atoms with Gasteiger partial charge >= 0.3 is 5.97 Å². The Morgan fingerprint density at radius 2 is 1.79 bits per heavy atom. The quantitative estimate of drug-likeness (QED) is 0.488. The number of esters is 1. The van der Waals surface area contributed by atoms with Crippen molar-refractivity contribution in [3.05, 3.63) is 52.8 Å². The molecule has 11 nitrogen and oxygen atoms in total. The number of hydrogen-bond donors (Lipinski definition) is 0. The van der Waals surface area contributed by atoms with Gasteiger partial charge in [-0.25, -0.2) is 8.42 Å². The smallest absolute Gasteiger partial charge is 0.310 e. The number of hydrogen-bond acceptors (Lipinski definition) is 9. The predicted molar refractivity (Wildman–Crippen MR) is 119 cm³/mol. The summed E-state index contributed by atoms with van der Waals surface area (Å²) in [5.74, 6) is -0.0613. The predicted octanol–water partition coefficient (Wildman–Crippen LogP) is 1.16. The monoisotopic (exact) mass is 486 g/mol. The Kier molecular flexibility index (Phi) is 5.92. The van der Waals surface area contributed by atoms with E-state index in [1.54, 1.807) is 30.3 Å². The lowest BCUT2D eigenvalue weighted by Gasteiger charge is -2.30. The Balaban J connectivity index is 1.20. The molecule has 3 aromatic rings. The van der Waals surface area contributed by atoms with Crippen LogP contribution in [0.4, 0.5) is 0 Å². The van der Waals surface area contributed by atoms with Crippen LogP contribution in [0, 0.1) is 5.92 Å². The van der Waals surface area contributed by atoms with Gasteiger partial charge in [0.2, 0.25) is 10.0 Å². The fourth-order valence-corrected chi connectivity index (χ4v) is 5.50. The van der Waals surface area contributed by atoms with Gasteiger partial charge in [-0.3, -0.25) is 9.59 Å². The lowest BCUT2D eigenvalue weighted by molar-refractivity contribution is -0.154. The Morgan fingerprint density at radius 3 is 2.59 bits per heavy atom. The highest BCUT2D eigenvalue weighted by Gasteiger charge is 2.33. The van der Waals surface area contributed by atoms with Gasteiger partial charge in [-0.1, -0.05) is 17.3 Å². The zero-order chi connectivity index (χ0) is 23.7. The molecule has 0 amide bonds.